The highest BCUT2D eigenvalue weighted by atomic mass is 16.5. The summed E-state index contributed by atoms with van der Waals surface area (Å²) < 4.78 is 5.17. The van der Waals surface area contributed by atoms with E-state index >= 15 is 0 Å². The smallest absolute Gasteiger partial charge is 0.118 e. The predicted octanol–water partition coefficient (Wildman–Crippen LogP) is 3.90. The lowest BCUT2D eigenvalue weighted by Gasteiger charge is -2.13. The third kappa shape index (κ3) is 2.06. The summed E-state index contributed by atoms with van der Waals surface area (Å²) in [4.78, 5) is 0. The van der Waals surface area contributed by atoms with Crippen molar-refractivity contribution in [1.29, 1.82) is 0 Å². The van der Waals surface area contributed by atoms with Gasteiger partial charge in [0.2, 0.25) is 0 Å². The molecule has 0 heterocycles. The molecule has 0 saturated carbocycles. The Morgan fingerprint density at radius 3 is 2.60 bits per heavy atom. The topological polar surface area (TPSA) is 9.23 Å². The molecule has 1 atom stereocenters. The fourth-order valence-corrected chi connectivity index (χ4v) is 2.32. The van der Waals surface area contributed by atoms with Crippen LogP contribution in [0, 0.1) is 5.92 Å². The van der Waals surface area contributed by atoms with E-state index in [1.54, 1.807) is 7.11 Å². The minimum Gasteiger partial charge on any atom is -0.497 e. The van der Waals surface area contributed by atoms with Crippen molar-refractivity contribution in [2.75, 3.05) is 7.11 Å². The Kier molecular flexibility index (Phi) is 3.10. The van der Waals surface area contributed by atoms with Crippen LogP contribution in [0.25, 0.3) is 5.57 Å². The molecule has 1 nitrogen and oxygen atoms in total. The Morgan fingerprint density at radius 1 is 1.27 bits per heavy atom. The molecule has 1 aliphatic carbocycles. The lowest BCUT2D eigenvalue weighted by molar-refractivity contribution is 0.414. The lowest BCUT2D eigenvalue weighted by atomic mass is 9.93. The van der Waals surface area contributed by atoms with Gasteiger partial charge in [-0.2, -0.15) is 0 Å². The van der Waals surface area contributed by atoms with E-state index in [1.807, 2.05) is 12.1 Å². The minimum atomic E-state index is 0.762. The molecular weight excluding hydrogens is 184 g/mol. The van der Waals surface area contributed by atoms with Gasteiger partial charge in [0, 0.05) is 0 Å². The molecule has 1 aromatic carbocycles. The molecule has 15 heavy (non-hydrogen) atoms. The van der Waals surface area contributed by atoms with Gasteiger partial charge in [-0.25, -0.2) is 0 Å². The quantitative estimate of drug-likeness (QED) is 0.722. The Hall–Kier alpha value is -1.24. The monoisotopic (exact) mass is 202 g/mol. The Bertz CT molecular complexity index is 348. The van der Waals surface area contributed by atoms with Gasteiger partial charge in [0.15, 0.2) is 0 Å². The highest BCUT2D eigenvalue weighted by molar-refractivity contribution is 5.69. The molecule has 0 spiro atoms. The molecule has 0 N–H and O–H groups in total. The summed E-state index contributed by atoms with van der Waals surface area (Å²) >= 11 is 0. The standard InChI is InChI=1S/C14H18O/c1-3-11-5-4-6-14(11)12-7-9-13(15-2)10-8-12/h6-11H,3-5H2,1-2H3/t11-/m0/s1. The summed E-state index contributed by atoms with van der Waals surface area (Å²) in [6, 6.07) is 8.42. The molecule has 0 radical (unpaired) electrons. The molecule has 1 heteroatoms. The highest BCUT2D eigenvalue weighted by Crippen LogP contribution is 2.36. The van der Waals surface area contributed by atoms with Gasteiger partial charge >= 0.3 is 0 Å². The van der Waals surface area contributed by atoms with Crippen LogP contribution in [0.2, 0.25) is 0 Å². The van der Waals surface area contributed by atoms with Crippen molar-refractivity contribution in [3.05, 3.63) is 35.9 Å². The van der Waals surface area contributed by atoms with Crippen LogP contribution < -0.4 is 4.74 Å². The molecule has 1 aromatic rings. The first-order chi connectivity index (χ1) is 7.35. The van der Waals surface area contributed by atoms with Crippen LogP contribution in [0.4, 0.5) is 0 Å². The van der Waals surface area contributed by atoms with Crippen molar-refractivity contribution in [3.8, 4) is 5.75 Å². The first-order valence-corrected chi connectivity index (χ1v) is 5.69. The molecule has 0 aromatic heterocycles. The van der Waals surface area contributed by atoms with Crippen LogP contribution in [-0.4, -0.2) is 7.11 Å². The van der Waals surface area contributed by atoms with Crippen LogP contribution in [0.1, 0.15) is 31.7 Å². The number of hydrogen-bond acceptors (Lipinski definition) is 1. The van der Waals surface area contributed by atoms with E-state index in [0.717, 1.165) is 11.7 Å². The number of allylic oxidation sites excluding steroid dienone is 2. The molecule has 80 valence electrons. The largest absolute Gasteiger partial charge is 0.497 e. The van der Waals surface area contributed by atoms with Crippen molar-refractivity contribution in [2.45, 2.75) is 26.2 Å². The van der Waals surface area contributed by atoms with E-state index in [1.165, 1.54) is 30.4 Å². The molecule has 2 rings (SSSR count). The maximum Gasteiger partial charge on any atom is 0.118 e. The van der Waals surface area contributed by atoms with E-state index in [9.17, 15) is 0 Å². The average molecular weight is 202 g/mol. The number of benzene rings is 1. The summed E-state index contributed by atoms with van der Waals surface area (Å²) in [5.41, 5.74) is 2.89. The Labute approximate surface area is 91.8 Å². The van der Waals surface area contributed by atoms with E-state index in [-0.39, 0.29) is 0 Å². The molecule has 0 fully saturated rings. The lowest BCUT2D eigenvalue weighted by Crippen LogP contribution is -1.96. The second-order valence-corrected chi connectivity index (χ2v) is 4.07. The third-order valence-corrected chi connectivity index (χ3v) is 3.24. The van der Waals surface area contributed by atoms with Gasteiger partial charge in [-0.3, -0.25) is 0 Å². The molecule has 1 aliphatic rings. The molecule has 0 bridgehead atoms. The van der Waals surface area contributed by atoms with Crippen LogP contribution in [-0.2, 0) is 0 Å². The predicted molar refractivity (Wildman–Crippen MR) is 64.0 cm³/mol. The Balaban J connectivity index is 2.22. The highest BCUT2D eigenvalue weighted by Gasteiger charge is 2.18. The number of methoxy groups -OCH3 is 1. The van der Waals surface area contributed by atoms with Gasteiger partial charge in [-0.15, -0.1) is 0 Å². The van der Waals surface area contributed by atoms with Crippen molar-refractivity contribution in [2.24, 2.45) is 5.92 Å². The third-order valence-electron chi connectivity index (χ3n) is 3.24. The first kappa shape index (κ1) is 10.3. The van der Waals surface area contributed by atoms with Crippen LogP contribution >= 0.6 is 0 Å². The molecule has 0 amide bonds. The van der Waals surface area contributed by atoms with E-state index in [2.05, 4.69) is 25.1 Å². The fourth-order valence-electron chi connectivity index (χ4n) is 2.32. The Morgan fingerprint density at radius 2 is 2.00 bits per heavy atom. The van der Waals surface area contributed by atoms with E-state index < -0.39 is 0 Å². The first-order valence-electron chi connectivity index (χ1n) is 5.69. The maximum atomic E-state index is 5.17. The van der Waals surface area contributed by atoms with Crippen molar-refractivity contribution < 1.29 is 4.74 Å². The molecular formula is C14H18O. The van der Waals surface area contributed by atoms with Gasteiger partial charge in [0.25, 0.3) is 0 Å². The van der Waals surface area contributed by atoms with Gasteiger partial charge in [-0.05, 0) is 48.4 Å². The number of rotatable bonds is 3. The normalized spacial score (nSPS) is 20.1. The minimum absolute atomic E-state index is 0.762. The van der Waals surface area contributed by atoms with Crippen molar-refractivity contribution in [3.63, 3.8) is 0 Å². The van der Waals surface area contributed by atoms with Gasteiger partial charge in [0.1, 0.15) is 5.75 Å². The van der Waals surface area contributed by atoms with Crippen molar-refractivity contribution in [1.82, 2.24) is 0 Å². The van der Waals surface area contributed by atoms with Crippen LogP contribution in [0.5, 0.6) is 5.75 Å². The van der Waals surface area contributed by atoms with E-state index in [4.69, 9.17) is 4.74 Å². The maximum absolute atomic E-state index is 5.17. The number of ether oxygens (including phenoxy) is 1. The van der Waals surface area contributed by atoms with Crippen molar-refractivity contribution >= 4 is 5.57 Å². The summed E-state index contributed by atoms with van der Waals surface area (Å²) in [5.74, 6) is 1.70. The zero-order valence-electron chi connectivity index (χ0n) is 9.49. The SMILES string of the molecule is CC[C@H]1CCC=C1c1ccc(OC)cc1. The second-order valence-electron chi connectivity index (χ2n) is 4.07. The van der Waals surface area contributed by atoms with Crippen LogP contribution in [0.15, 0.2) is 30.3 Å². The second kappa shape index (κ2) is 4.52. The zero-order valence-corrected chi connectivity index (χ0v) is 9.49. The van der Waals surface area contributed by atoms with E-state index in [0.29, 0.717) is 0 Å². The van der Waals surface area contributed by atoms with Gasteiger partial charge in [-0.1, -0.05) is 25.1 Å². The summed E-state index contributed by atoms with van der Waals surface area (Å²) in [5, 5.41) is 0. The van der Waals surface area contributed by atoms with Crippen LogP contribution in [0.3, 0.4) is 0 Å². The number of hydrogen-bond donors (Lipinski definition) is 0. The summed E-state index contributed by atoms with van der Waals surface area (Å²) in [6.07, 6.45) is 6.19. The molecule has 0 aliphatic heterocycles. The summed E-state index contributed by atoms with van der Waals surface area (Å²) in [6.45, 7) is 2.27. The summed E-state index contributed by atoms with van der Waals surface area (Å²) in [7, 11) is 1.71. The molecule has 0 saturated heterocycles. The van der Waals surface area contributed by atoms with Gasteiger partial charge in [0.05, 0.1) is 7.11 Å². The average Bonchev–Trinajstić information content (AvgIpc) is 2.77. The fraction of sp³-hybridized carbons (Fsp3) is 0.429. The zero-order chi connectivity index (χ0) is 10.7. The molecule has 0 unspecified atom stereocenters. The van der Waals surface area contributed by atoms with Gasteiger partial charge < -0.3 is 4.74 Å².